The number of hydrogen-bond acceptors (Lipinski definition) is 7. The van der Waals surface area contributed by atoms with Crippen molar-refractivity contribution in [3.63, 3.8) is 0 Å². The first kappa shape index (κ1) is 15.4. The van der Waals surface area contributed by atoms with E-state index in [0.29, 0.717) is 17.3 Å². The second kappa shape index (κ2) is 6.17. The third-order valence-electron chi connectivity index (χ3n) is 3.51. The summed E-state index contributed by atoms with van der Waals surface area (Å²) >= 11 is 1.17. The Morgan fingerprint density at radius 2 is 2.10 bits per heavy atom. The van der Waals surface area contributed by atoms with E-state index in [1.807, 2.05) is 0 Å². The lowest BCUT2D eigenvalue weighted by Gasteiger charge is -2.09. The monoisotopic (exact) mass is 312 g/mol. The number of nitrogens with zero attached hydrogens (tertiary/aromatic N) is 4. The van der Waals surface area contributed by atoms with Gasteiger partial charge in [0, 0.05) is 6.42 Å². The van der Waals surface area contributed by atoms with Crippen molar-refractivity contribution in [2.45, 2.75) is 39.5 Å². The van der Waals surface area contributed by atoms with Gasteiger partial charge in [-0.25, -0.2) is 0 Å². The van der Waals surface area contributed by atoms with Gasteiger partial charge in [0.25, 0.3) is 0 Å². The number of nitro groups is 1. The Hall–Kier alpha value is -2.03. The predicted molar refractivity (Wildman–Crippen MR) is 77.8 cm³/mol. The first-order valence-electron chi connectivity index (χ1n) is 6.74. The molecule has 9 heteroatoms. The highest BCUT2D eigenvalue weighted by Crippen LogP contribution is 2.23. The highest BCUT2D eigenvalue weighted by Gasteiger charge is 2.25. The van der Waals surface area contributed by atoms with E-state index in [9.17, 15) is 20.0 Å². The van der Waals surface area contributed by atoms with E-state index in [0.717, 1.165) is 23.8 Å². The van der Waals surface area contributed by atoms with Gasteiger partial charge in [-0.1, -0.05) is 38.0 Å². The number of aromatic nitrogens is 3. The van der Waals surface area contributed by atoms with Gasteiger partial charge >= 0.3 is 17.1 Å². The minimum atomic E-state index is -0.951. The minimum absolute atomic E-state index is 0.169. The van der Waals surface area contributed by atoms with Gasteiger partial charge in [0.15, 0.2) is 0 Å². The van der Waals surface area contributed by atoms with Crippen LogP contribution in [0.2, 0.25) is 0 Å². The Morgan fingerprint density at radius 1 is 1.43 bits per heavy atom. The number of hydrogen-bond donors (Lipinski definition) is 1. The molecule has 0 radical (unpaired) electrons. The maximum absolute atomic E-state index is 11.9. The number of aromatic hydroxyl groups is 1. The van der Waals surface area contributed by atoms with E-state index >= 15 is 0 Å². The van der Waals surface area contributed by atoms with Crippen molar-refractivity contribution in [2.75, 3.05) is 0 Å². The Morgan fingerprint density at radius 3 is 2.67 bits per heavy atom. The van der Waals surface area contributed by atoms with Crippen LogP contribution in [0.15, 0.2) is 4.79 Å². The molecule has 8 nitrogen and oxygen atoms in total. The van der Waals surface area contributed by atoms with Crippen LogP contribution in [0.3, 0.4) is 0 Å². The van der Waals surface area contributed by atoms with Crippen molar-refractivity contribution in [3.05, 3.63) is 25.5 Å². The molecule has 0 saturated carbocycles. The van der Waals surface area contributed by atoms with Gasteiger partial charge in [0.1, 0.15) is 5.01 Å². The molecule has 2 heterocycles. The molecule has 2 aromatic rings. The molecule has 1 N–H and O–H groups in total. The Labute approximate surface area is 124 Å². The van der Waals surface area contributed by atoms with Crippen LogP contribution >= 0.6 is 11.3 Å². The van der Waals surface area contributed by atoms with Crippen LogP contribution in [0, 0.1) is 16.0 Å². The summed E-state index contributed by atoms with van der Waals surface area (Å²) in [7, 11) is 0. The highest BCUT2D eigenvalue weighted by molar-refractivity contribution is 7.16. The van der Waals surface area contributed by atoms with Crippen molar-refractivity contribution >= 4 is 22.0 Å². The predicted octanol–water partition coefficient (Wildman–Crippen LogP) is 2.13. The van der Waals surface area contributed by atoms with Crippen molar-refractivity contribution in [1.29, 1.82) is 0 Å². The van der Waals surface area contributed by atoms with Gasteiger partial charge in [-0.2, -0.15) is 14.6 Å². The molecule has 0 aromatic carbocycles. The average Bonchev–Trinajstić information content (AvgIpc) is 2.82. The molecule has 0 bridgehead atoms. The molecule has 2 rings (SSSR count). The fraction of sp³-hybridized carbons (Fsp3) is 0.583. The normalized spacial score (nSPS) is 11.4. The molecule has 0 aliphatic heterocycles. The summed E-state index contributed by atoms with van der Waals surface area (Å²) in [4.78, 5) is 25.6. The Kier molecular flexibility index (Phi) is 4.51. The van der Waals surface area contributed by atoms with Crippen molar-refractivity contribution in [1.82, 2.24) is 14.6 Å². The molecule has 0 amide bonds. The quantitative estimate of drug-likeness (QED) is 0.646. The molecule has 0 fully saturated rings. The van der Waals surface area contributed by atoms with Gasteiger partial charge in [-0.05, 0) is 12.3 Å². The highest BCUT2D eigenvalue weighted by atomic mass is 32.1. The van der Waals surface area contributed by atoms with Crippen LogP contribution in [-0.4, -0.2) is 24.6 Å². The van der Waals surface area contributed by atoms with E-state index in [1.54, 1.807) is 0 Å². The van der Waals surface area contributed by atoms with Gasteiger partial charge < -0.3 is 5.11 Å². The summed E-state index contributed by atoms with van der Waals surface area (Å²) in [6.07, 6.45) is 3.78. The van der Waals surface area contributed by atoms with Crippen LogP contribution in [0.1, 0.15) is 38.1 Å². The largest absolute Gasteiger partial charge is 0.488 e. The lowest BCUT2D eigenvalue weighted by molar-refractivity contribution is -0.387. The molecule has 21 heavy (non-hydrogen) atoms. The summed E-state index contributed by atoms with van der Waals surface area (Å²) in [6, 6.07) is 0. The minimum Gasteiger partial charge on any atom is -0.488 e. The molecule has 2 aromatic heterocycles. The first-order chi connectivity index (χ1) is 9.97. The maximum Gasteiger partial charge on any atom is 0.397 e. The topological polar surface area (TPSA) is 111 Å². The molecular formula is C12H16N4O4S. The van der Waals surface area contributed by atoms with Gasteiger partial charge in [-0.3, -0.25) is 14.9 Å². The zero-order chi connectivity index (χ0) is 15.6. The Balaban J connectivity index is 2.36. The van der Waals surface area contributed by atoms with Crippen LogP contribution in [0.5, 0.6) is 5.88 Å². The zero-order valence-corrected chi connectivity index (χ0v) is 12.6. The summed E-state index contributed by atoms with van der Waals surface area (Å²) in [5, 5.41) is 25.0. The molecule has 0 saturated heterocycles. The van der Waals surface area contributed by atoms with E-state index in [1.165, 1.54) is 11.3 Å². The smallest absolute Gasteiger partial charge is 0.397 e. The Bertz CT molecular complexity index is 720. The van der Waals surface area contributed by atoms with E-state index in [2.05, 4.69) is 23.9 Å². The first-order valence-corrected chi connectivity index (χ1v) is 7.55. The van der Waals surface area contributed by atoms with Crippen molar-refractivity contribution in [2.24, 2.45) is 5.92 Å². The SMILES string of the molecule is CCC(CC)CCc1nn2c(=O)c([N+](=O)[O-])c(O)nc2s1. The third kappa shape index (κ3) is 3.02. The fourth-order valence-electron chi connectivity index (χ4n) is 2.15. The van der Waals surface area contributed by atoms with Gasteiger partial charge in [0.2, 0.25) is 4.96 Å². The zero-order valence-electron chi connectivity index (χ0n) is 11.8. The third-order valence-corrected chi connectivity index (χ3v) is 4.48. The fourth-order valence-corrected chi connectivity index (χ4v) is 3.05. The van der Waals surface area contributed by atoms with E-state index in [-0.39, 0.29) is 4.96 Å². The maximum atomic E-state index is 11.9. The van der Waals surface area contributed by atoms with Crippen LogP contribution in [0.4, 0.5) is 5.69 Å². The summed E-state index contributed by atoms with van der Waals surface area (Å²) < 4.78 is 0.894. The van der Waals surface area contributed by atoms with E-state index < -0.39 is 22.0 Å². The van der Waals surface area contributed by atoms with E-state index in [4.69, 9.17) is 0 Å². The van der Waals surface area contributed by atoms with Crippen molar-refractivity contribution in [3.8, 4) is 5.88 Å². The number of fused-ring (bicyclic) bond motifs is 1. The molecule has 0 aliphatic carbocycles. The van der Waals surface area contributed by atoms with Crippen LogP contribution in [0.25, 0.3) is 4.96 Å². The lowest BCUT2D eigenvalue weighted by atomic mass is 9.98. The lowest BCUT2D eigenvalue weighted by Crippen LogP contribution is -2.18. The molecule has 0 atom stereocenters. The number of rotatable bonds is 6. The molecule has 0 aliphatic rings. The standard InChI is InChI=1S/C12H16N4O4S/c1-3-7(4-2)5-6-8-14-15-11(18)9(16(19)20)10(17)13-12(15)21-8/h7,17H,3-6H2,1-2H3. The van der Waals surface area contributed by atoms with Crippen LogP contribution < -0.4 is 5.56 Å². The molecular weight excluding hydrogens is 296 g/mol. The average molecular weight is 312 g/mol. The molecule has 0 unspecified atom stereocenters. The second-order valence-corrected chi connectivity index (χ2v) is 5.80. The summed E-state index contributed by atoms with van der Waals surface area (Å²) in [6.45, 7) is 4.25. The molecule has 0 spiro atoms. The van der Waals surface area contributed by atoms with Crippen molar-refractivity contribution < 1.29 is 10.0 Å². The van der Waals surface area contributed by atoms with Gasteiger partial charge in [-0.15, -0.1) is 0 Å². The second-order valence-electron chi connectivity index (χ2n) is 4.76. The summed E-state index contributed by atoms with van der Waals surface area (Å²) in [5.74, 6) is -0.273. The number of aryl methyl sites for hydroxylation is 1. The molecule has 114 valence electrons. The van der Waals surface area contributed by atoms with Gasteiger partial charge in [0.05, 0.1) is 4.92 Å². The van der Waals surface area contributed by atoms with Crippen LogP contribution in [-0.2, 0) is 6.42 Å². The summed E-state index contributed by atoms with van der Waals surface area (Å²) in [5.41, 5.74) is -1.89.